The van der Waals surface area contributed by atoms with E-state index in [-0.39, 0.29) is 5.91 Å². The van der Waals surface area contributed by atoms with Crippen LogP contribution in [0.1, 0.15) is 16.1 Å². The Hall–Kier alpha value is -1.91. The minimum absolute atomic E-state index is 0.205. The average Bonchev–Trinajstić information content (AvgIpc) is 2.91. The number of amides is 1. The van der Waals surface area contributed by atoms with Gasteiger partial charge in [0.1, 0.15) is 0 Å². The molecule has 0 unspecified atom stereocenters. The van der Waals surface area contributed by atoms with Gasteiger partial charge in [-0.05, 0) is 25.1 Å². The third-order valence-corrected chi connectivity index (χ3v) is 4.83. The average molecular weight is 346 g/mol. The van der Waals surface area contributed by atoms with Crippen molar-refractivity contribution in [2.75, 3.05) is 12.3 Å². The minimum atomic E-state index is -0.205. The molecule has 5 heteroatoms. The zero-order valence-corrected chi connectivity index (χ0v) is 14.2. The van der Waals surface area contributed by atoms with Crippen molar-refractivity contribution in [2.45, 2.75) is 11.8 Å². The molecule has 3 nitrogen and oxygen atoms in total. The first kappa shape index (κ1) is 16.0. The number of carbonyl (C=O) groups excluding carboxylic acids is 1. The topological polar surface area (TPSA) is 42.2 Å². The van der Waals surface area contributed by atoms with Crippen LogP contribution in [0.2, 0.25) is 5.02 Å². The van der Waals surface area contributed by atoms with Gasteiger partial charge in [0.05, 0.1) is 5.02 Å². The Morgan fingerprint density at radius 2 is 1.96 bits per heavy atom. The SMILES string of the molecule is Cc1c(C(=O)NCCSc2ccccc2)oc2c(Cl)cccc12. The van der Waals surface area contributed by atoms with Crippen molar-refractivity contribution in [3.8, 4) is 0 Å². The molecular weight excluding hydrogens is 330 g/mol. The van der Waals surface area contributed by atoms with Crippen molar-refractivity contribution >= 4 is 40.2 Å². The Morgan fingerprint density at radius 3 is 2.70 bits per heavy atom. The normalized spacial score (nSPS) is 10.9. The highest BCUT2D eigenvalue weighted by atomic mass is 35.5. The molecule has 0 radical (unpaired) electrons. The smallest absolute Gasteiger partial charge is 0.287 e. The summed E-state index contributed by atoms with van der Waals surface area (Å²) in [5, 5.41) is 4.29. The predicted octanol–water partition coefficient (Wildman–Crippen LogP) is 4.92. The molecule has 1 heterocycles. The lowest BCUT2D eigenvalue weighted by Gasteiger charge is -2.04. The van der Waals surface area contributed by atoms with E-state index in [4.69, 9.17) is 16.0 Å². The molecular formula is C18H16ClNO2S. The summed E-state index contributed by atoms with van der Waals surface area (Å²) in [6.07, 6.45) is 0. The van der Waals surface area contributed by atoms with E-state index in [1.54, 1.807) is 17.8 Å². The summed E-state index contributed by atoms with van der Waals surface area (Å²) in [6.45, 7) is 2.44. The maximum atomic E-state index is 12.3. The number of benzene rings is 2. The molecule has 0 saturated heterocycles. The first-order chi connectivity index (χ1) is 11.2. The molecule has 0 aliphatic rings. The van der Waals surface area contributed by atoms with Gasteiger partial charge in [-0.25, -0.2) is 0 Å². The molecule has 118 valence electrons. The number of rotatable bonds is 5. The lowest BCUT2D eigenvalue weighted by atomic mass is 10.1. The quantitative estimate of drug-likeness (QED) is 0.527. The molecule has 1 amide bonds. The van der Waals surface area contributed by atoms with E-state index in [1.807, 2.05) is 37.3 Å². The standard InChI is InChI=1S/C18H16ClNO2S/c1-12-14-8-5-9-15(19)17(14)22-16(12)18(21)20-10-11-23-13-6-3-2-4-7-13/h2-9H,10-11H2,1H3,(H,20,21). The molecule has 23 heavy (non-hydrogen) atoms. The Kier molecular flexibility index (Phi) is 4.94. The van der Waals surface area contributed by atoms with Crippen LogP contribution in [0.15, 0.2) is 57.8 Å². The minimum Gasteiger partial charge on any atom is -0.449 e. The molecule has 0 aliphatic heterocycles. The van der Waals surface area contributed by atoms with Crippen LogP contribution in [0.3, 0.4) is 0 Å². The summed E-state index contributed by atoms with van der Waals surface area (Å²) in [6, 6.07) is 15.6. The fourth-order valence-electron chi connectivity index (χ4n) is 2.36. The Morgan fingerprint density at radius 1 is 1.17 bits per heavy atom. The highest BCUT2D eigenvalue weighted by Crippen LogP contribution is 2.30. The lowest BCUT2D eigenvalue weighted by molar-refractivity contribution is 0.0930. The van der Waals surface area contributed by atoms with Crippen molar-refractivity contribution in [3.63, 3.8) is 0 Å². The van der Waals surface area contributed by atoms with Crippen LogP contribution in [0.4, 0.5) is 0 Å². The number of nitrogens with one attached hydrogen (secondary N) is 1. The van der Waals surface area contributed by atoms with Gasteiger partial charge in [0.2, 0.25) is 0 Å². The van der Waals surface area contributed by atoms with Gasteiger partial charge < -0.3 is 9.73 Å². The van der Waals surface area contributed by atoms with Gasteiger partial charge in [-0.1, -0.05) is 41.9 Å². The van der Waals surface area contributed by atoms with Gasteiger partial charge in [0.15, 0.2) is 11.3 Å². The molecule has 0 bridgehead atoms. The molecule has 0 atom stereocenters. The number of thioether (sulfide) groups is 1. The van der Waals surface area contributed by atoms with Crippen LogP contribution in [0.25, 0.3) is 11.0 Å². The summed E-state index contributed by atoms with van der Waals surface area (Å²) in [4.78, 5) is 13.5. The lowest BCUT2D eigenvalue weighted by Crippen LogP contribution is -2.25. The van der Waals surface area contributed by atoms with Crippen LogP contribution in [-0.2, 0) is 0 Å². The van der Waals surface area contributed by atoms with Crippen LogP contribution >= 0.6 is 23.4 Å². The van der Waals surface area contributed by atoms with Crippen molar-refractivity contribution in [3.05, 3.63) is 64.9 Å². The Balaban J connectivity index is 1.62. The van der Waals surface area contributed by atoms with E-state index in [1.165, 1.54) is 4.90 Å². The zero-order valence-electron chi connectivity index (χ0n) is 12.6. The first-order valence-corrected chi connectivity index (χ1v) is 8.67. The fourth-order valence-corrected chi connectivity index (χ4v) is 3.36. The molecule has 0 fully saturated rings. The molecule has 2 aromatic carbocycles. The van der Waals surface area contributed by atoms with E-state index in [0.717, 1.165) is 16.7 Å². The van der Waals surface area contributed by atoms with Crippen molar-refractivity contribution in [2.24, 2.45) is 0 Å². The number of fused-ring (bicyclic) bond motifs is 1. The number of hydrogen-bond donors (Lipinski definition) is 1. The van der Waals surface area contributed by atoms with E-state index in [2.05, 4.69) is 17.4 Å². The number of hydrogen-bond acceptors (Lipinski definition) is 3. The number of furan rings is 1. The Labute approximate surface area is 144 Å². The molecule has 0 spiro atoms. The largest absolute Gasteiger partial charge is 0.449 e. The van der Waals surface area contributed by atoms with Crippen LogP contribution in [0, 0.1) is 6.92 Å². The van der Waals surface area contributed by atoms with Gasteiger partial charge >= 0.3 is 0 Å². The van der Waals surface area contributed by atoms with E-state index < -0.39 is 0 Å². The van der Waals surface area contributed by atoms with Crippen molar-refractivity contribution in [1.82, 2.24) is 5.32 Å². The molecule has 0 saturated carbocycles. The zero-order chi connectivity index (χ0) is 16.2. The summed E-state index contributed by atoms with van der Waals surface area (Å²) in [5.74, 6) is 0.928. The van der Waals surface area contributed by atoms with Crippen molar-refractivity contribution in [1.29, 1.82) is 0 Å². The van der Waals surface area contributed by atoms with Crippen LogP contribution in [0.5, 0.6) is 0 Å². The third kappa shape index (κ3) is 3.54. The first-order valence-electron chi connectivity index (χ1n) is 7.30. The van der Waals surface area contributed by atoms with Crippen LogP contribution in [-0.4, -0.2) is 18.2 Å². The molecule has 3 rings (SSSR count). The fraction of sp³-hybridized carbons (Fsp3) is 0.167. The number of para-hydroxylation sites is 1. The second-order valence-electron chi connectivity index (χ2n) is 5.09. The van der Waals surface area contributed by atoms with Crippen molar-refractivity contribution < 1.29 is 9.21 Å². The summed E-state index contributed by atoms with van der Waals surface area (Å²) >= 11 is 7.82. The predicted molar refractivity (Wildman–Crippen MR) is 95.5 cm³/mol. The second kappa shape index (κ2) is 7.11. The molecule has 0 aliphatic carbocycles. The number of halogens is 1. The van der Waals surface area contributed by atoms with Gasteiger partial charge in [0, 0.05) is 28.1 Å². The summed E-state index contributed by atoms with van der Waals surface area (Å²) < 4.78 is 5.66. The van der Waals surface area contributed by atoms with E-state index in [0.29, 0.717) is 22.9 Å². The highest BCUT2D eigenvalue weighted by molar-refractivity contribution is 7.99. The number of aryl methyl sites for hydroxylation is 1. The second-order valence-corrected chi connectivity index (χ2v) is 6.67. The highest BCUT2D eigenvalue weighted by Gasteiger charge is 2.18. The van der Waals surface area contributed by atoms with Gasteiger partial charge in [-0.15, -0.1) is 11.8 Å². The molecule has 3 aromatic rings. The monoisotopic (exact) mass is 345 g/mol. The maximum Gasteiger partial charge on any atom is 0.287 e. The van der Waals surface area contributed by atoms with Crippen LogP contribution < -0.4 is 5.32 Å². The maximum absolute atomic E-state index is 12.3. The molecule has 1 aromatic heterocycles. The Bertz CT molecular complexity index is 830. The van der Waals surface area contributed by atoms with Gasteiger partial charge in [-0.3, -0.25) is 4.79 Å². The summed E-state index contributed by atoms with van der Waals surface area (Å²) in [7, 11) is 0. The summed E-state index contributed by atoms with van der Waals surface area (Å²) in [5.41, 5.74) is 1.38. The van der Waals surface area contributed by atoms with E-state index >= 15 is 0 Å². The molecule has 1 N–H and O–H groups in total. The third-order valence-electron chi connectivity index (χ3n) is 3.52. The van der Waals surface area contributed by atoms with E-state index in [9.17, 15) is 4.79 Å². The van der Waals surface area contributed by atoms with Gasteiger partial charge in [-0.2, -0.15) is 0 Å². The van der Waals surface area contributed by atoms with Gasteiger partial charge in [0.25, 0.3) is 5.91 Å². The number of carbonyl (C=O) groups is 1.